The molecule has 0 atom stereocenters. The maximum absolute atomic E-state index is 5.93. The molecule has 3 N–H and O–H groups in total. The number of ether oxygens (including phenoxy) is 1. The van der Waals surface area contributed by atoms with Gasteiger partial charge in [-0.25, -0.2) is 4.99 Å². The van der Waals surface area contributed by atoms with Crippen LogP contribution in [0.5, 0.6) is 0 Å². The number of anilines is 1. The SMILES string of the molecule is CCOC1CC(N=C(N)Nc2cc(C)cc(C)c2)C1. The first-order valence-corrected chi connectivity index (χ1v) is 6.87. The highest BCUT2D eigenvalue weighted by Gasteiger charge is 2.29. The minimum Gasteiger partial charge on any atom is -0.378 e. The van der Waals surface area contributed by atoms with E-state index in [1.54, 1.807) is 0 Å². The lowest BCUT2D eigenvalue weighted by atomic mass is 9.90. The van der Waals surface area contributed by atoms with Crippen LogP contribution < -0.4 is 11.1 Å². The van der Waals surface area contributed by atoms with E-state index in [2.05, 4.69) is 42.4 Å². The second-order valence-electron chi connectivity index (χ2n) is 5.22. The number of nitrogens with two attached hydrogens (primary N) is 1. The van der Waals surface area contributed by atoms with Gasteiger partial charge in [0, 0.05) is 12.3 Å². The minimum atomic E-state index is 0.301. The first-order chi connectivity index (χ1) is 9.06. The number of hydrogen-bond acceptors (Lipinski definition) is 2. The summed E-state index contributed by atoms with van der Waals surface area (Å²) in [5.41, 5.74) is 9.37. The number of hydrogen-bond donors (Lipinski definition) is 2. The van der Waals surface area contributed by atoms with Crippen molar-refractivity contribution in [2.24, 2.45) is 10.7 Å². The van der Waals surface area contributed by atoms with Crippen LogP contribution in [-0.4, -0.2) is 24.7 Å². The average Bonchev–Trinajstić information content (AvgIpc) is 2.24. The maximum Gasteiger partial charge on any atom is 0.193 e. The van der Waals surface area contributed by atoms with Crippen molar-refractivity contribution in [3.8, 4) is 0 Å². The van der Waals surface area contributed by atoms with E-state index in [0.717, 1.165) is 25.1 Å². The average molecular weight is 261 g/mol. The highest BCUT2D eigenvalue weighted by atomic mass is 16.5. The molecule has 19 heavy (non-hydrogen) atoms. The molecule has 2 rings (SSSR count). The van der Waals surface area contributed by atoms with Crippen molar-refractivity contribution in [3.05, 3.63) is 29.3 Å². The molecule has 0 amide bonds. The summed E-state index contributed by atoms with van der Waals surface area (Å²) in [6, 6.07) is 6.57. The van der Waals surface area contributed by atoms with Crippen LogP contribution in [0.25, 0.3) is 0 Å². The van der Waals surface area contributed by atoms with Crippen molar-refractivity contribution in [1.82, 2.24) is 0 Å². The number of nitrogens with zero attached hydrogens (tertiary/aromatic N) is 1. The molecular weight excluding hydrogens is 238 g/mol. The zero-order chi connectivity index (χ0) is 13.8. The number of benzene rings is 1. The quantitative estimate of drug-likeness (QED) is 0.647. The summed E-state index contributed by atoms with van der Waals surface area (Å²) in [6.45, 7) is 6.94. The van der Waals surface area contributed by atoms with Crippen LogP contribution in [0.15, 0.2) is 23.2 Å². The van der Waals surface area contributed by atoms with Gasteiger partial charge >= 0.3 is 0 Å². The van der Waals surface area contributed by atoms with E-state index in [4.69, 9.17) is 10.5 Å². The van der Waals surface area contributed by atoms with Gasteiger partial charge in [0.25, 0.3) is 0 Å². The van der Waals surface area contributed by atoms with Crippen LogP contribution >= 0.6 is 0 Å². The highest BCUT2D eigenvalue weighted by Crippen LogP contribution is 2.26. The van der Waals surface area contributed by atoms with E-state index in [-0.39, 0.29) is 0 Å². The third-order valence-corrected chi connectivity index (χ3v) is 3.29. The first kappa shape index (κ1) is 13.9. The topological polar surface area (TPSA) is 59.6 Å². The van der Waals surface area contributed by atoms with Crippen LogP contribution in [0.3, 0.4) is 0 Å². The normalized spacial score (nSPS) is 23.0. The molecule has 1 aromatic carbocycles. The molecule has 104 valence electrons. The van der Waals surface area contributed by atoms with Crippen LogP contribution in [0.1, 0.15) is 30.9 Å². The molecule has 0 radical (unpaired) electrons. The number of guanidine groups is 1. The Bertz CT molecular complexity index is 444. The Morgan fingerprint density at radius 2 is 1.95 bits per heavy atom. The van der Waals surface area contributed by atoms with E-state index in [9.17, 15) is 0 Å². The van der Waals surface area contributed by atoms with E-state index in [1.807, 2.05) is 6.92 Å². The van der Waals surface area contributed by atoms with E-state index in [0.29, 0.717) is 18.1 Å². The Balaban J connectivity index is 1.89. The van der Waals surface area contributed by atoms with Crippen molar-refractivity contribution >= 4 is 11.6 Å². The fraction of sp³-hybridized carbons (Fsp3) is 0.533. The largest absolute Gasteiger partial charge is 0.378 e. The lowest BCUT2D eigenvalue weighted by Gasteiger charge is -2.32. The molecule has 0 heterocycles. The smallest absolute Gasteiger partial charge is 0.193 e. The van der Waals surface area contributed by atoms with Crippen molar-refractivity contribution in [3.63, 3.8) is 0 Å². The van der Waals surface area contributed by atoms with Gasteiger partial charge < -0.3 is 15.8 Å². The van der Waals surface area contributed by atoms with Crippen LogP contribution in [0.4, 0.5) is 5.69 Å². The number of rotatable bonds is 4. The van der Waals surface area contributed by atoms with Gasteiger partial charge in [-0.05, 0) is 56.9 Å². The molecule has 0 aromatic heterocycles. The lowest BCUT2D eigenvalue weighted by Crippen LogP contribution is -2.37. The second kappa shape index (κ2) is 6.06. The van der Waals surface area contributed by atoms with Gasteiger partial charge in [0.1, 0.15) is 0 Å². The number of aliphatic imine (C=N–C) groups is 1. The summed E-state index contributed by atoms with van der Waals surface area (Å²) < 4.78 is 5.51. The molecule has 1 aromatic rings. The fourth-order valence-corrected chi connectivity index (χ4v) is 2.44. The number of nitrogens with one attached hydrogen (secondary N) is 1. The van der Waals surface area contributed by atoms with Gasteiger partial charge in [-0.15, -0.1) is 0 Å². The van der Waals surface area contributed by atoms with Crippen molar-refractivity contribution in [2.75, 3.05) is 11.9 Å². The summed E-state index contributed by atoms with van der Waals surface area (Å²) >= 11 is 0. The molecule has 1 saturated carbocycles. The van der Waals surface area contributed by atoms with Crippen LogP contribution in [0.2, 0.25) is 0 Å². The molecule has 1 fully saturated rings. The predicted octanol–water partition coefficient (Wildman–Crippen LogP) is 2.60. The first-order valence-electron chi connectivity index (χ1n) is 6.87. The highest BCUT2D eigenvalue weighted by molar-refractivity contribution is 5.92. The Hall–Kier alpha value is -1.55. The third kappa shape index (κ3) is 3.96. The minimum absolute atomic E-state index is 0.301. The van der Waals surface area contributed by atoms with Gasteiger partial charge in [0.2, 0.25) is 0 Å². The maximum atomic E-state index is 5.93. The molecule has 0 unspecified atom stereocenters. The molecule has 1 aliphatic carbocycles. The molecule has 4 heteroatoms. The van der Waals surface area contributed by atoms with E-state index < -0.39 is 0 Å². The van der Waals surface area contributed by atoms with Gasteiger partial charge in [0.05, 0.1) is 12.1 Å². The van der Waals surface area contributed by atoms with Gasteiger partial charge in [-0.3, -0.25) is 0 Å². The fourth-order valence-electron chi connectivity index (χ4n) is 2.44. The molecule has 1 aliphatic rings. The summed E-state index contributed by atoms with van der Waals surface area (Å²) in [5.74, 6) is 0.491. The zero-order valence-electron chi connectivity index (χ0n) is 11.9. The van der Waals surface area contributed by atoms with Gasteiger partial charge in [-0.1, -0.05) is 6.07 Å². The van der Waals surface area contributed by atoms with Gasteiger partial charge in [0.15, 0.2) is 5.96 Å². The van der Waals surface area contributed by atoms with Crippen LogP contribution in [0, 0.1) is 13.8 Å². The van der Waals surface area contributed by atoms with Crippen LogP contribution in [-0.2, 0) is 4.74 Å². The molecule has 0 aliphatic heterocycles. The molecule has 4 nitrogen and oxygen atoms in total. The Morgan fingerprint density at radius 3 is 2.53 bits per heavy atom. The van der Waals surface area contributed by atoms with Crippen molar-refractivity contribution < 1.29 is 4.74 Å². The number of aryl methyl sites for hydroxylation is 2. The van der Waals surface area contributed by atoms with Crippen molar-refractivity contribution in [2.45, 2.75) is 45.8 Å². The summed E-state index contributed by atoms with van der Waals surface area (Å²) in [4.78, 5) is 4.47. The molecule has 0 bridgehead atoms. The summed E-state index contributed by atoms with van der Waals surface area (Å²) in [7, 11) is 0. The Morgan fingerprint density at radius 1 is 1.32 bits per heavy atom. The van der Waals surface area contributed by atoms with Crippen molar-refractivity contribution in [1.29, 1.82) is 0 Å². The van der Waals surface area contributed by atoms with E-state index in [1.165, 1.54) is 11.1 Å². The standard InChI is InChI=1S/C15H23N3O/c1-4-19-14-8-13(9-14)18-15(16)17-12-6-10(2)5-11(3)7-12/h5-7,13-14H,4,8-9H2,1-3H3,(H3,16,17,18). The molecular formula is C15H23N3O. The Kier molecular flexibility index (Phi) is 4.43. The predicted molar refractivity (Wildman–Crippen MR) is 79.6 cm³/mol. The van der Waals surface area contributed by atoms with E-state index >= 15 is 0 Å². The van der Waals surface area contributed by atoms with Gasteiger partial charge in [-0.2, -0.15) is 0 Å². The zero-order valence-corrected chi connectivity index (χ0v) is 11.9. The third-order valence-electron chi connectivity index (χ3n) is 3.29. The second-order valence-corrected chi connectivity index (χ2v) is 5.22. The molecule has 0 spiro atoms. The monoisotopic (exact) mass is 261 g/mol. The lowest BCUT2D eigenvalue weighted by molar-refractivity contribution is -0.000702. The molecule has 0 saturated heterocycles. The Labute approximate surface area is 115 Å². The summed E-state index contributed by atoms with van der Waals surface area (Å²) in [5, 5.41) is 3.16. The summed E-state index contributed by atoms with van der Waals surface area (Å²) in [6.07, 6.45) is 2.32.